The second kappa shape index (κ2) is 7.68. The number of furan rings is 1. The molecule has 3 aromatic heterocycles. The summed E-state index contributed by atoms with van der Waals surface area (Å²) in [5.41, 5.74) is 2.59. The molecule has 0 aliphatic rings. The molecule has 0 unspecified atom stereocenters. The summed E-state index contributed by atoms with van der Waals surface area (Å²) in [6.07, 6.45) is 4.30. The lowest BCUT2D eigenvalue weighted by molar-refractivity contribution is 0.0951. The van der Waals surface area contributed by atoms with Crippen LogP contribution in [0.25, 0.3) is 16.9 Å². The fourth-order valence-electron chi connectivity index (χ4n) is 3.56. The zero-order chi connectivity index (χ0) is 20.4. The number of fused-ring (bicyclic) bond motifs is 1. The summed E-state index contributed by atoms with van der Waals surface area (Å²) in [6.45, 7) is 4.91. The van der Waals surface area contributed by atoms with Crippen LogP contribution in [0, 0.1) is 25.2 Å². The average Bonchev–Trinajstić information content (AvgIpc) is 3.42. The van der Waals surface area contributed by atoms with Crippen LogP contribution in [-0.2, 0) is 6.54 Å². The van der Waals surface area contributed by atoms with Crippen molar-refractivity contribution in [2.75, 3.05) is 6.54 Å². The van der Waals surface area contributed by atoms with E-state index in [1.807, 2.05) is 43.3 Å². The number of benzene rings is 1. The molecule has 1 amide bonds. The number of rotatable bonds is 6. The molecule has 0 spiro atoms. The van der Waals surface area contributed by atoms with E-state index in [1.165, 1.54) is 0 Å². The van der Waals surface area contributed by atoms with Crippen LogP contribution in [0.15, 0.2) is 53.2 Å². The van der Waals surface area contributed by atoms with Crippen molar-refractivity contribution in [3.63, 3.8) is 0 Å². The molecule has 29 heavy (non-hydrogen) atoms. The molecule has 0 bridgehead atoms. The Hall–Kier alpha value is -3.79. The fraction of sp³-hybridized carbons (Fsp3) is 0.227. The Balaban J connectivity index is 1.44. The van der Waals surface area contributed by atoms with E-state index in [1.54, 1.807) is 23.9 Å². The van der Waals surface area contributed by atoms with Crippen molar-refractivity contribution in [3.05, 3.63) is 71.5 Å². The van der Waals surface area contributed by atoms with E-state index in [2.05, 4.69) is 20.9 Å². The standard InChI is InChI=1S/C22H21N5O2/c1-15-20(17(14-23)22(29-15)26-11-5-6-12-26)21(28)24-10-7-13-27-16(2)25-18-8-3-4-9-19(18)27/h3-6,8-9,11-12H,7,10,13H2,1-2H3,(H,24,28). The molecule has 0 fully saturated rings. The molecule has 4 aromatic rings. The third kappa shape index (κ3) is 3.41. The van der Waals surface area contributed by atoms with Crippen LogP contribution in [0.2, 0.25) is 0 Å². The summed E-state index contributed by atoms with van der Waals surface area (Å²) in [5.74, 6) is 1.44. The van der Waals surface area contributed by atoms with Gasteiger partial charge in [-0.1, -0.05) is 12.1 Å². The molecule has 7 nitrogen and oxygen atoms in total. The Morgan fingerprint density at radius 2 is 1.97 bits per heavy atom. The number of carbonyl (C=O) groups is 1. The van der Waals surface area contributed by atoms with Crippen LogP contribution in [-0.4, -0.2) is 26.6 Å². The SMILES string of the molecule is Cc1oc(-n2cccc2)c(C#N)c1C(=O)NCCCn1c(C)nc2ccccc21. The zero-order valence-corrected chi connectivity index (χ0v) is 16.3. The quantitative estimate of drug-likeness (QED) is 0.511. The Morgan fingerprint density at radius 1 is 1.21 bits per heavy atom. The van der Waals surface area contributed by atoms with Gasteiger partial charge in [-0.3, -0.25) is 9.36 Å². The number of hydrogen-bond acceptors (Lipinski definition) is 4. The van der Waals surface area contributed by atoms with Gasteiger partial charge in [-0.15, -0.1) is 0 Å². The smallest absolute Gasteiger partial charge is 0.256 e. The largest absolute Gasteiger partial charge is 0.443 e. The lowest BCUT2D eigenvalue weighted by Crippen LogP contribution is -2.26. The van der Waals surface area contributed by atoms with Gasteiger partial charge in [0.05, 0.1) is 11.0 Å². The van der Waals surface area contributed by atoms with Gasteiger partial charge in [-0.2, -0.15) is 5.26 Å². The summed E-state index contributed by atoms with van der Waals surface area (Å²) in [4.78, 5) is 17.3. The number of carbonyl (C=O) groups excluding carboxylic acids is 1. The summed E-state index contributed by atoms with van der Waals surface area (Å²) < 4.78 is 9.54. The van der Waals surface area contributed by atoms with Crippen molar-refractivity contribution in [1.82, 2.24) is 19.4 Å². The maximum Gasteiger partial charge on any atom is 0.256 e. The molecule has 7 heteroatoms. The molecule has 0 atom stereocenters. The minimum absolute atomic E-state index is 0.243. The van der Waals surface area contributed by atoms with Crippen molar-refractivity contribution in [2.24, 2.45) is 0 Å². The molecule has 0 radical (unpaired) electrons. The summed E-state index contributed by atoms with van der Waals surface area (Å²) in [7, 11) is 0. The number of nitrogens with zero attached hydrogens (tertiary/aromatic N) is 4. The van der Waals surface area contributed by atoms with Crippen LogP contribution in [0.3, 0.4) is 0 Å². The van der Waals surface area contributed by atoms with Crippen LogP contribution in [0.4, 0.5) is 0 Å². The lowest BCUT2D eigenvalue weighted by atomic mass is 10.1. The first kappa shape index (κ1) is 18.6. The number of aromatic nitrogens is 3. The highest BCUT2D eigenvalue weighted by atomic mass is 16.4. The highest BCUT2D eigenvalue weighted by molar-refractivity contribution is 5.98. The number of para-hydroxylation sites is 2. The lowest BCUT2D eigenvalue weighted by Gasteiger charge is -2.08. The van der Waals surface area contributed by atoms with Crippen molar-refractivity contribution >= 4 is 16.9 Å². The van der Waals surface area contributed by atoms with Crippen molar-refractivity contribution in [2.45, 2.75) is 26.8 Å². The highest BCUT2D eigenvalue weighted by Crippen LogP contribution is 2.25. The molecule has 4 rings (SSSR count). The topological polar surface area (TPSA) is 88.8 Å². The van der Waals surface area contributed by atoms with E-state index in [9.17, 15) is 10.1 Å². The number of hydrogen-bond donors (Lipinski definition) is 1. The predicted molar refractivity (Wildman–Crippen MR) is 109 cm³/mol. The summed E-state index contributed by atoms with van der Waals surface area (Å²) in [6, 6.07) is 13.8. The van der Waals surface area contributed by atoms with Gasteiger partial charge in [0, 0.05) is 25.5 Å². The van der Waals surface area contributed by atoms with Crippen LogP contribution < -0.4 is 5.32 Å². The number of aryl methyl sites for hydroxylation is 3. The van der Waals surface area contributed by atoms with Crippen LogP contribution in [0.1, 0.15) is 33.9 Å². The normalized spacial score (nSPS) is 10.9. The molecule has 1 N–H and O–H groups in total. The van der Waals surface area contributed by atoms with E-state index >= 15 is 0 Å². The second-order valence-electron chi connectivity index (χ2n) is 6.82. The Labute approximate surface area is 168 Å². The third-order valence-electron chi connectivity index (χ3n) is 4.93. The van der Waals surface area contributed by atoms with Gasteiger partial charge in [0.15, 0.2) is 0 Å². The third-order valence-corrected chi connectivity index (χ3v) is 4.93. The first-order valence-corrected chi connectivity index (χ1v) is 9.47. The minimum Gasteiger partial charge on any atom is -0.443 e. The first-order valence-electron chi connectivity index (χ1n) is 9.47. The molecular formula is C22H21N5O2. The number of imidazole rings is 1. The molecule has 146 valence electrons. The molecule has 0 aliphatic carbocycles. The van der Waals surface area contributed by atoms with E-state index in [0.717, 1.165) is 29.8 Å². The van der Waals surface area contributed by atoms with E-state index < -0.39 is 0 Å². The maximum absolute atomic E-state index is 12.7. The fourth-order valence-corrected chi connectivity index (χ4v) is 3.56. The van der Waals surface area contributed by atoms with Crippen LogP contribution in [0.5, 0.6) is 0 Å². The summed E-state index contributed by atoms with van der Waals surface area (Å²) >= 11 is 0. The number of nitriles is 1. The van der Waals surface area contributed by atoms with Crippen molar-refractivity contribution < 1.29 is 9.21 Å². The van der Waals surface area contributed by atoms with Gasteiger partial charge in [-0.05, 0) is 44.5 Å². The van der Waals surface area contributed by atoms with Crippen molar-refractivity contribution in [3.8, 4) is 12.0 Å². The van der Waals surface area contributed by atoms with Gasteiger partial charge in [0.2, 0.25) is 5.88 Å². The highest BCUT2D eigenvalue weighted by Gasteiger charge is 2.24. The van der Waals surface area contributed by atoms with Gasteiger partial charge in [-0.25, -0.2) is 4.98 Å². The number of nitrogens with one attached hydrogen (secondary N) is 1. The molecular weight excluding hydrogens is 366 g/mol. The van der Waals surface area contributed by atoms with E-state index in [4.69, 9.17) is 4.42 Å². The Morgan fingerprint density at radius 3 is 2.72 bits per heavy atom. The summed E-state index contributed by atoms with van der Waals surface area (Å²) in [5, 5.41) is 12.5. The Bertz CT molecular complexity index is 1210. The number of amides is 1. The van der Waals surface area contributed by atoms with E-state index in [-0.39, 0.29) is 11.5 Å². The first-order chi connectivity index (χ1) is 14.1. The molecule has 3 heterocycles. The van der Waals surface area contributed by atoms with E-state index in [0.29, 0.717) is 23.8 Å². The predicted octanol–water partition coefficient (Wildman–Crippen LogP) is 3.73. The molecule has 1 aromatic carbocycles. The van der Waals surface area contributed by atoms with Gasteiger partial charge in [0.25, 0.3) is 5.91 Å². The minimum atomic E-state index is -0.298. The average molecular weight is 387 g/mol. The second-order valence-corrected chi connectivity index (χ2v) is 6.82. The monoisotopic (exact) mass is 387 g/mol. The van der Waals surface area contributed by atoms with Crippen LogP contribution >= 0.6 is 0 Å². The molecule has 0 saturated carbocycles. The zero-order valence-electron chi connectivity index (χ0n) is 16.3. The maximum atomic E-state index is 12.7. The Kier molecular flexibility index (Phi) is 4.92. The van der Waals surface area contributed by atoms with Gasteiger partial charge >= 0.3 is 0 Å². The van der Waals surface area contributed by atoms with Gasteiger partial charge < -0.3 is 14.3 Å². The van der Waals surface area contributed by atoms with Gasteiger partial charge in [0.1, 0.15) is 28.8 Å². The molecule has 0 aliphatic heterocycles. The van der Waals surface area contributed by atoms with Crippen molar-refractivity contribution in [1.29, 1.82) is 5.26 Å². The molecule has 0 saturated heterocycles.